The van der Waals surface area contributed by atoms with Gasteiger partial charge >= 0.3 is 0 Å². The van der Waals surface area contributed by atoms with E-state index in [1.165, 1.54) is 4.90 Å². The minimum atomic E-state index is -1.14. The summed E-state index contributed by atoms with van der Waals surface area (Å²) in [6.45, 7) is 2.08. The van der Waals surface area contributed by atoms with Gasteiger partial charge in [-0.2, -0.15) is 10.5 Å². The van der Waals surface area contributed by atoms with Crippen LogP contribution in [0.3, 0.4) is 0 Å². The van der Waals surface area contributed by atoms with Gasteiger partial charge in [-0.15, -0.1) is 0 Å². The fourth-order valence-electron chi connectivity index (χ4n) is 6.50. The fraction of sp³-hybridized carbons (Fsp3) is 0.654. The number of aromatic nitrogens is 1. The molecule has 190 valence electrons. The molecule has 0 aromatic carbocycles. The van der Waals surface area contributed by atoms with Gasteiger partial charge in [0.2, 0.25) is 11.8 Å². The van der Waals surface area contributed by atoms with Crippen LogP contribution in [-0.2, 0) is 9.59 Å². The van der Waals surface area contributed by atoms with Gasteiger partial charge in [0.25, 0.3) is 0 Å². The first-order valence-electron chi connectivity index (χ1n) is 12.8. The molecule has 3 saturated carbocycles. The predicted molar refractivity (Wildman–Crippen MR) is 128 cm³/mol. The molecule has 2 aliphatic heterocycles. The normalized spacial score (nSPS) is 33.7. The molecule has 5 aliphatic rings. The van der Waals surface area contributed by atoms with E-state index in [0.717, 1.165) is 50.8 Å². The molecule has 0 radical (unpaired) electrons. The van der Waals surface area contributed by atoms with Crippen molar-refractivity contribution in [3.63, 3.8) is 0 Å². The molecule has 2 saturated heterocycles. The van der Waals surface area contributed by atoms with Crippen LogP contribution in [0, 0.1) is 28.1 Å². The highest BCUT2D eigenvalue weighted by atomic mass is 19.1. The molecule has 3 heterocycles. The molecular weight excluding hydrogens is 461 g/mol. The van der Waals surface area contributed by atoms with Crippen molar-refractivity contribution in [3.8, 4) is 12.1 Å². The van der Waals surface area contributed by atoms with Crippen molar-refractivity contribution in [1.82, 2.24) is 25.4 Å². The van der Waals surface area contributed by atoms with Gasteiger partial charge in [0.1, 0.15) is 18.3 Å². The SMILES string of the molecule is N#Cc1ccc(C2CNCCN2C(=O)C23CCC(NCC(=O)N4C[C@@H](F)C[C@H]4C#N)(CC2)CC3)nc1. The monoisotopic (exact) mass is 493 g/mol. The number of alkyl halides is 1. The smallest absolute Gasteiger partial charge is 0.237 e. The number of likely N-dealkylation sites (tertiary alicyclic amines) is 1. The molecule has 2 N–H and O–H groups in total. The Morgan fingerprint density at radius 3 is 2.56 bits per heavy atom. The third kappa shape index (κ3) is 4.44. The van der Waals surface area contributed by atoms with E-state index in [1.54, 1.807) is 12.3 Å². The van der Waals surface area contributed by atoms with Crippen molar-refractivity contribution in [3.05, 3.63) is 29.6 Å². The molecule has 2 amide bonds. The average Bonchev–Trinajstić information content (AvgIpc) is 3.33. The van der Waals surface area contributed by atoms with Crippen molar-refractivity contribution >= 4 is 11.8 Å². The first-order chi connectivity index (χ1) is 17.4. The van der Waals surface area contributed by atoms with Gasteiger partial charge in [0.05, 0.1) is 36.5 Å². The minimum absolute atomic E-state index is 0.0106. The van der Waals surface area contributed by atoms with Crippen molar-refractivity contribution in [2.24, 2.45) is 5.41 Å². The highest BCUT2D eigenvalue weighted by Gasteiger charge is 2.54. The van der Waals surface area contributed by atoms with E-state index in [0.29, 0.717) is 18.7 Å². The number of nitrogens with zero attached hydrogens (tertiary/aromatic N) is 5. The Bertz CT molecular complexity index is 1070. The Kier molecular flexibility index (Phi) is 6.67. The van der Waals surface area contributed by atoms with E-state index >= 15 is 0 Å². The lowest BCUT2D eigenvalue weighted by Crippen LogP contribution is -2.61. The van der Waals surface area contributed by atoms with Gasteiger partial charge in [0, 0.05) is 43.2 Å². The van der Waals surface area contributed by atoms with E-state index in [9.17, 15) is 19.2 Å². The number of nitriles is 2. The Morgan fingerprint density at radius 1 is 1.17 bits per heavy atom. The summed E-state index contributed by atoms with van der Waals surface area (Å²) >= 11 is 0. The number of piperazine rings is 1. The van der Waals surface area contributed by atoms with Gasteiger partial charge in [-0.1, -0.05) is 0 Å². The molecule has 0 spiro atoms. The molecule has 3 aliphatic carbocycles. The van der Waals surface area contributed by atoms with Crippen LogP contribution in [0.1, 0.15) is 62.2 Å². The Labute approximate surface area is 210 Å². The van der Waals surface area contributed by atoms with Crippen LogP contribution >= 0.6 is 0 Å². The summed E-state index contributed by atoms with van der Waals surface area (Å²) in [6, 6.07) is 6.86. The number of carbonyl (C=O) groups excluding carboxylic acids is 2. The summed E-state index contributed by atoms with van der Waals surface area (Å²) in [5.74, 6) is -0.0411. The third-order valence-electron chi connectivity index (χ3n) is 8.80. The summed E-state index contributed by atoms with van der Waals surface area (Å²) in [5, 5.41) is 25.1. The number of hydrogen-bond donors (Lipinski definition) is 2. The first kappa shape index (κ1) is 24.6. The maximum absolute atomic E-state index is 14.0. The van der Waals surface area contributed by atoms with Crippen LogP contribution < -0.4 is 10.6 Å². The van der Waals surface area contributed by atoms with Gasteiger partial charge in [-0.05, 0) is 50.7 Å². The van der Waals surface area contributed by atoms with Crippen molar-refractivity contribution in [2.75, 3.05) is 32.7 Å². The quantitative estimate of drug-likeness (QED) is 0.638. The number of amides is 2. The highest BCUT2D eigenvalue weighted by Crippen LogP contribution is 2.53. The van der Waals surface area contributed by atoms with Gasteiger partial charge < -0.3 is 20.4 Å². The van der Waals surface area contributed by atoms with Crippen molar-refractivity contribution < 1.29 is 14.0 Å². The van der Waals surface area contributed by atoms with Gasteiger partial charge in [-0.3, -0.25) is 14.6 Å². The summed E-state index contributed by atoms with van der Waals surface area (Å²) in [7, 11) is 0. The van der Waals surface area contributed by atoms with Crippen LogP contribution in [0.2, 0.25) is 0 Å². The number of nitrogens with one attached hydrogen (secondary N) is 2. The number of carbonyl (C=O) groups is 2. The van der Waals surface area contributed by atoms with Crippen molar-refractivity contribution in [1.29, 1.82) is 10.5 Å². The lowest BCUT2D eigenvalue weighted by molar-refractivity contribution is -0.154. The zero-order valence-corrected chi connectivity index (χ0v) is 20.4. The second kappa shape index (κ2) is 9.76. The molecule has 9 nitrogen and oxygen atoms in total. The maximum atomic E-state index is 14.0. The van der Waals surface area contributed by atoms with E-state index in [4.69, 9.17) is 5.26 Å². The van der Waals surface area contributed by atoms with Crippen LogP contribution in [-0.4, -0.2) is 77.1 Å². The zero-order chi connectivity index (χ0) is 25.3. The molecule has 36 heavy (non-hydrogen) atoms. The Balaban J connectivity index is 1.22. The van der Waals surface area contributed by atoms with E-state index in [2.05, 4.69) is 21.7 Å². The Hall–Kier alpha value is -3.08. The fourth-order valence-corrected chi connectivity index (χ4v) is 6.50. The lowest BCUT2D eigenvalue weighted by Gasteiger charge is -2.54. The average molecular weight is 494 g/mol. The zero-order valence-electron chi connectivity index (χ0n) is 20.4. The summed E-state index contributed by atoms with van der Waals surface area (Å²) in [5.41, 5.74) is 0.711. The number of fused-ring (bicyclic) bond motifs is 3. The maximum Gasteiger partial charge on any atom is 0.237 e. The molecule has 3 atom stereocenters. The molecule has 1 aromatic heterocycles. The largest absolute Gasteiger partial charge is 0.331 e. The van der Waals surface area contributed by atoms with Crippen LogP contribution in [0.5, 0.6) is 0 Å². The summed E-state index contributed by atoms with van der Waals surface area (Å²) in [6.07, 6.45) is 5.23. The van der Waals surface area contributed by atoms with E-state index in [-0.39, 0.29) is 42.9 Å². The highest BCUT2D eigenvalue weighted by molar-refractivity contribution is 5.84. The summed E-state index contributed by atoms with van der Waals surface area (Å²) < 4.78 is 13.7. The molecule has 6 rings (SSSR count). The number of halogens is 1. The number of rotatable bonds is 5. The second-order valence-electron chi connectivity index (χ2n) is 10.7. The Morgan fingerprint density at radius 2 is 1.92 bits per heavy atom. The van der Waals surface area contributed by atoms with Gasteiger partial charge in [-0.25, -0.2) is 4.39 Å². The minimum Gasteiger partial charge on any atom is -0.331 e. The third-order valence-corrected chi connectivity index (χ3v) is 8.80. The number of hydrogen-bond acceptors (Lipinski definition) is 7. The molecule has 10 heteroatoms. The van der Waals surface area contributed by atoms with E-state index in [1.807, 2.05) is 17.0 Å². The van der Waals surface area contributed by atoms with Crippen LogP contribution in [0.25, 0.3) is 0 Å². The van der Waals surface area contributed by atoms with Crippen LogP contribution in [0.4, 0.5) is 4.39 Å². The number of pyridine rings is 1. The molecule has 5 fully saturated rings. The molecule has 2 bridgehead atoms. The van der Waals surface area contributed by atoms with Gasteiger partial charge in [0.15, 0.2) is 0 Å². The predicted octanol–water partition coefficient (Wildman–Crippen LogP) is 1.57. The topological polar surface area (TPSA) is 125 Å². The summed E-state index contributed by atoms with van der Waals surface area (Å²) in [4.78, 5) is 34.5. The lowest BCUT2D eigenvalue weighted by atomic mass is 9.56. The molecular formula is C26H32FN7O2. The first-order valence-corrected chi connectivity index (χ1v) is 12.8. The van der Waals surface area contributed by atoms with Crippen molar-refractivity contribution in [2.45, 2.75) is 68.7 Å². The van der Waals surface area contributed by atoms with Crippen LogP contribution in [0.15, 0.2) is 18.3 Å². The standard InChI is InChI=1S/C26H32FN7O2/c27-19-11-20(13-29)34(17-19)23(35)16-32-26-6-3-25(4-7-26,5-8-26)24(36)33-10-9-30-15-22(33)21-2-1-18(12-28)14-31-21/h1-2,14,19-20,22,30,32H,3-11,15-17H2/t19-,20-,22?,25?,26?/m0/s1. The second-order valence-corrected chi connectivity index (χ2v) is 10.7. The van der Waals surface area contributed by atoms with E-state index < -0.39 is 17.6 Å². The molecule has 1 unspecified atom stereocenters. The molecule has 1 aromatic rings.